The first kappa shape index (κ1) is 14.7. The van der Waals surface area contributed by atoms with E-state index in [4.69, 9.17) is 21.1 Å². The van der Waals surface area contributed by atoms with E-state index in [0.717, 1.165) is 13.1 Å². The number of benzene rings is 1. The Morgan fingerprint density at radius 3 is 3.05 bits per heavy atom. The Bertz CT molecular complexity index is 439. The summed E-state index contributed by atoms with van der Waals surface area (Å²) in [6.07, 6.45) is 0.0103. The molecule has 0 spiro atoms. The van der Waals surface area contributed by atoms with Gasteiger partial charge in [0.25, 0.3) is 0 Å². The van der Waals surface area contributed by atoms with Crippen molar-refractivity contribution in [1.82, 2.24) is 5.32 Å². The molecule has 1 aromatic carbocycles. The molecular formula is C14H19ClFNO2. The van der Waals surface area contributed by atoms with Gasteiger partial charge in [-0.2, -0.15) is 0 Å². The average Bonchev–Trinajstić information content (AvgIpc) is 2.33. The van der Waals surface area contributed by atoms with Crippen molar-refractivity contribution in [2.45, 2.75) is 32.2 Å². The van der Waals surface area contributed by atoms with Crippen molar-refractivity contribution in [3.8, 4) is 0 Å². The van der Waals surface area contributed by atoms with Crippen LogP contribution in [0.1, 0.15) is 19.4 Å². The maximum absolute atomic E-state index is 13.2. The molecule has 1 fully saturated rings. The van der Waals surface area contributed by atoms with Gasteiger partial charge in [0.15, 0.2) is 0 Å². The lowest BCUT2D eigenvalue weighted by Crippen LogP contribution is -2.51. The van der Waals surface area contributed by atoms with E-state index in [0.29, 0.717) is 12.2 Å². The van der Waals surface area contributed by atoms with Gasteiger partial charge in [-0.05, 0) is 25.5 Å². The Labute approximate surface area is 118 Å². The third-order valence-corrected chi connectivity index (χ3v) is 3.42. The maximum Gasteiger partial charge on any atom is 0.142 e. The minimum atomic E-state index is -0.417. The number of ether oxygens (including phenoxy) is 2. The molecule has 0 bridgehead atoms. The summed E-state index contributed by atoms with van der Waals surface area (Å²) in [7, 11) is 0. The van der Waals surface area contributed by atoms with Gasteiger partial charge in [-0.15, -0.1) is 0 Å². The first-order chi connectivity index (χ1) is 8.98. The van der Waals surface area contributed by atoms with Crippen molar-refractivity contribution in [2.75, 3.05) is 19.7 Å². The molecule has 0 saturated carbocycles. The second-order valence-electron chi connectivity index (χ2n) is 5.36. The molecule has 1 aliphatic rings. The average molecular weight is 288 g/mol. The van der Waals surface area contributed by atoms with Crippen LogP contribution in [0.3, 0.4) is 0 Å². The lowest BCUT2D eigenvalue weighted by atomic mass is 10.1. The molecule has 1 N–H and O–H groups in total. The van der Waals surface area contributed by atoms with E-state index >= 15 is 0 Å². The predicted molar refractivity (Wildman–Crippen MR) is 72.9 cm³/mol. The molecule has 0 amide bonds. The molecule has 106 valence electrons. The number of hydrogen-bond acceptors (Lipinski definition) is 3. The second kappa shape index (κ2) is 6.18. The Morgan fingerprint density at radius 1 is 1.53 bits per heavy atom. The van der Waals surface area contributed by atoms with Crippen molar-refractivity contribution in [2.24, 2.45) is 0 Å². The third kappa shape index (κ3) is 4.14. The second-order valence-corrected chi connectivity index (χ2v) is 5.74. The fraction of sp³-hybridized carbons (Fsp3) is 0.571. The molecule has 1 heterocycles. The molecule has 0 radical (unpaired) electrons. The van der Waals surface area contributed by atoms with Crippen molar-refractivity contribution in [1.29, 1.82) is 0 Å². The van der Waals surface area contributed by atoms with E-state index in [-0.39, 0.29) is 23.3 Å². The minimum absolute atomic E-state index is 0.0103. The highest BCUT2D eigenvalue weighted by Gasteiger charge is 2.28. The van der Waals surface area contributed by atoms with Crippen LogP contribution in [0.15, 0.2) is 18.2 Å². The van der Waals surface area contributed by atoms with E-state index in [1.807, 2.05) is 13.8 Å². The van der Waals surface area contributed by atoms with Gasteiger partial charge in [0.2, 0.25) is 0 Å². The molecule has 0 aromatic heterocycles. The summed E-state index contributed by atoms with van der Waals surface area (Å²) in [6, 6.07) is 4.72. The van der Waals surface area contributed by atoms with Crippen molar-refractivity contribution >= 4 is 11.6 Å². The first-order valence-corrected chi connectivity index (χ1v) is 6.75. The number of rotatable bonds is 4. The molecule has 5 heteroatoms. The first-order valence-electron chi connectivity index (χ1n) is 6.37. The van der Waals surface area contributed by atoms with Crippen LogP contribution in [-0.4, -0.2) is 31.4 Å². The van der Waals surface area contributed by atoms with Gasteiger partial charge in [0.05, 0.1) is 29.9 Å². The fourth-order valence-corrected chi connectivity index (χ4v) is 2.30. The van der Waals surface area contributed by atoms with E-state index in [9.17, 15) is 4.39 Å². The highest BCUT2D eigenvalue weighted by atomic mass is 35.5. The van der Waals surface area contributed by atoms with Gasteiger partial charge in [-0.3, -0.25) is 0 Å². The normalized spacial score (nSPS) is 22.4. The molecule has 1 aromatic rings. The van der Waals surface area contributed by atoms with Gasteiger partial charge >= 0.3 is 0 Å². The lowest BCUT2D eigenvalue weighted by molar-refractivity contribution is -0.122. The zero-order valence-corrected chi connectivity index (χ0v) is 12.0. The molecule has 1 unspecified atom stereocenters. The molecule has 2 rings (SSSR count). The van der Waals surface area contributed by atoms with Gasteiger partial charge < -0.3 is 14.8 Å². The summed E-state index contributed by atoms with van der Waals surface area (Å²) in [4.78, 5) is 0. The number of halogens is 2. The molecule has 1 saturated heterocycles. The van der Waals surface area contributed by atoms with Gasteiger partial charge in [-0.1, -0.05) is 23.7 Å². The summed E-state index contributed by atoms with van der Waals surface area (Å²) < 4.78 is 24.7. The molecular weight excluding hydrogens is 269 g/mol. The van der Waals surface area contributed by atoms with E-state index in [2.05, 4.69) is 5.32 Å². The SMILES string of the molecule is CC1(C)CNCC(COCc2cccc(F)c2Cl)O1. The smallest absolute Gasteiger partial charge is 0.142 e. The lowest BCUT2D eigenvalue weighted by Gasteiger charge is -2.36. The van der Waals surface area contributed by atoms with Crippen LogP contribution >= 0.6 is 11.6 Å². The van der Waals surface area contributed by atoms with Crippen LogP contribution in [0.4, 0.5) is 4.39 Å². The molecule has 3 nitrogen and oxygen atoms in total. The minimum Gasteiger partial charge on any atom is -0.374 e. The summed E-state index contributed by atoms with van der Waals surface area (Å²) >= 11 is 5.86. The largest absolute Gasteiger partial charge is 0.374 e. The van der Waals surface area contributed by atoms with E-state index in [1.54, 1.807) is 12.1 Å². The number of nitrogens with one attached hydrogen (secondary N) is 1. The molecule has 1 atom stereocenters. The van der Waals surface area contributed by atoms with Gasteiger partial charge in [0, 0.05) is 13.1 Å². The fourth-order valence-electron chi connectivity index (χ4n) is 2.12. The Balaban J connectivity index is 1.82. The van der Waals surface area contributed by atoms with E-state index in [1.165, 1.54) is 6.07 Å². The van der Waals surface area contributed by atoms with Gasteiger partial charge in [-0.25, -0.2) is 4.39 Å². The van der Waals surface area contributed by atoms with E-state index < -0.39 is 5.82 Å². The molecule has 0 aliphatic carbocycles. The molecule has 19 heavy (non-hydrogen) atoms. The highest BCUT2D eigenvalue weighted by molar-refractivity contribution is 6.31. The van der Waals surface area contributed by atoms with Crippen molar-refractivity contribution in [3.05, 3.63) is 34.6 Å². The topological polar surface area (TPSA) is 30.5 Å². The van der Waals surface area contributed by atoms with Crippen LogP contribution in [0.2, 0.25) is 5.02 Å². The zero-order valence-electron chi connectivity index (χ0n) is 11.2. The zero-order chi connectivity index (χ0) is 13.9. The summed E-state index contributed by atoms with van der Waals surface area (Å²) in [6.45, 7) is 6.42. The highest BCUT2D eigenvalue weighted by Crippen LogP contribution is 2.21. The third-order valence-electron chi connectivity index (χ3n) is 3.00. The predicted octanol–water partition coefficient (Wildman–Crippen LogP) is 2.76. The van der Waals surface area contributed by atoms with Gasteiger partial charge in [0.1, 0.15) is 5.82 Å². The van der Waals surface area contributed by atoms with Crippen LogP contribution in [0.5, 0.6) is 0 Å². The summed E-state index contributed by atoms with van der Waals surface area (Å²) in [5.41, 5.74) is 0.479. The van der Waals surface area contributed by atoms with Crippen LogP contribution in [0, 0.1) is 5.82 Å². The van der Waals surface area contributed by atoms with Crippen molar-refractivity contribution < 1.29 is 13.9 Å². The van der Waals surface area contributed by atoms with Crippen LogP contribution in [-0.2, 0) is 16.1 Å². The summed E-state index contributed by atoms with van der Waals surface area (Å²) in [5, 5.41) is 3.43. The van der Waals surface area contributed by atoms with Crippen LogP contribution < -0.4 is 5.32 Å². The standard InChI is InChI=1S/C14H19ClFNO2/c1-14(2)9-17-6-11(19-14)8-18-7-10-4-3-5-12(16)13(10)15/h3-5,11,17H,6-9H2,1-2H3. The monoisotopic (exact) mass is 287 g/mol. The summed E-state index contributed by atoms with van der Waals surface area (Å²) in [5.74, 6) is -0.417. The Kier molecular flexibility index (Phi) is 4.79. The maximum atomic E-state index is 13.2. The quantitative estimate of drug-likeness (QED) is 0.924. The van der Waals surface area contributed by atoms with Crippen LogP contribution in [0.25, 0.3) is 0 Å². The molecule has 1 aliphatic heterocycles. The Morgan fingerprint density at radius 2 is 2.32 bits per heavy atom. The Hall–Kier alpha value is -0.680. The number of hydrogen-bond donors (Lipinski definition) is 1. The van der Waals surface area contributed by atoms with Crippen molar-refractivity contribution in [3.63, 3.8) is 0 Å². The number of morpholine rings is 1.